The number of urea groups is 1. The fourth-order valence-electron chi connectivity index (χ4n) is 3.03. The smallest absolute Gasteiger partial charge is 0.322 e. The Balaban J connectivity index is 1.66. The molecule has 2 aromatic rings. The number of hydrogen-bond donors (Lipinski definition) is 1. The minimum absolute atomic E-state index is 0.0780. The third-order valence-electron chi connectivity index (χ3n) is 4.42. The number of hydrogen-bond acceptors (Lipinski definition) is 3. The van der Waals surface area contributed by atoms with Crippen LogP contribution in [0.25, 0.3) is 0 Å². The maximum Gasteiger partial charge on any atom is 0.322 e. The molecule has 0 aliphatic carbocycles. The van der Waals surface area contributed by atoms with Crippen LogP contribution in [0.5, 0.6) is 5.75 Å². The minimum atomic E-state index is -0.0780. The molecule has 1 aliphatic heterocycles. The van der Waals surface area contributed by atoms with Crippen LogP contribution >= 0.6 is 0 Å². The van der Waals surface area contributed by atoms with Gasteiger partial charge in [0, 0.05) is 18.8 Å². The summed E-state index contributed by atoms with van der Waals surface area (Å²) >= 11 is 0. The Labute approximate surface area is 149 Å². The molecule has 0 unspecified atom stereocenters. The van der Waals surface area contributed by atoms with E-state index >= 15 is 0 Å². The largest absolute Gasteiger partial charge is 0.494 e. The Hall–Kier alpha value is -2.56. The second-order valence-electron chi connectivity index (χ2n) is 6.47. The molecule has 1 N–H and O–H groups in total. The predicted molar refractivity (Wildman–Crippen MR) is 99.1 cm³/mol. The van der Waals surface area contributed by atoms with E-state index in [0.29, 0.717) is 13.1 Å². The van der Waals surface area contributed by atoms with Crippen molar-refractivity contribution in [1.29, 1.82) is 0 Å². The van der Waals surface area contributed by atoms with Gasteiger partial charge in [0.15, 0.2) is 0 Å². The molecular formula is C20H25N3O2. The number of benzene rings is 1. The van der Waals surface area contributed by atoms with Crippen molar-refractivity contribution < 1.29 is 9.53 Å². The molecule has 25 heavy (non-hydrogen) atoms. The number of amides is 2. The second kappa shape index (κ2) is 7.55. The molecule has 0 radical (unpaired) electrons. The Morgan fingerprint density at radius 1 is 1.24 bits per heavy atom. The van der Waals surface area contributed by atoms with Crippen LogP contribution in [0.1, 0.15) is 35.9 Å². The van der Waals surface area contributed by atoms with Crippen LogP contribution in [-0.2, 0) is 13.0 Å². The van der Waals surface area contributed by atoms with E-state index in [1.807, 2.05) is 36.9 Å². The van der Waals surface area contributed by atoms with Gasteiger partial charge in [0.2, 0.25) is 0 Å². The van der Waals surface area contributed by atoms with Crippen LogP contribution in [-0.4, -0.2) is 29.1 Å². The van der Waals surface area contributed by atoms with Crippen molar-refractivity contribution in [2.75, 3.05) is 18.5 Å². The molecule has 0 saturated heterocycles. The number of aromatic nitrogens is 1. The lowest BCUT2D eigenvalue weighted by Crippen LogP contribution is -2.39. The fraction of sp³-hybridized carbons (Fsp3) is 0.400. The van der Waals surface area contributed by atoms with Gasteiger partial charge in [0.05, 0.1) is 18.0 Å². The zero-order chi connectivity index (χ0) is 17.8. The zero-order valence-electron chi connectivity index (χ0n) is 15.1. The number of carbonyl (C=O) groups excluding carboxylic acids is 1. The number of rotatable bonds is 4. The first-order valence-electron chi connectivity index (χ1n) is 8.81. The van der Waals surface area contributed by atoms with Crippen LogP contribution in [0.2, 0.25) is 0 Å². The van der Waals surface area contributed by atoms with Gasteiger partial charge < -0.3 is 15.0 Å². The summed E-state index contributed by atoms with van der Waals surface area (Å²) in [5, 5.41) is 2.98. The number of fused-ring (bicyclic) bond motifs is 1. The maximum atomic E-state index is 12.6. The molecule has 0 spiro atoms. The van der Waals surface area contributed by atoms with Crippen LogP contribution in [0.15, 0.2) is 30.3 Å². The summed E-state index contributed by atoms with van der Waals surface area (Å²) in [6.45, 7) is 8.00. The summed E-state index contributed by atoms with van der Waals surface area (Å²) in [6.07, 6.45) is 1.84. The van der Waals surface area contributed by atoms with Crippen molar-refractivity contribution in [3.05, 3.63) is 52.8 Å². The molecule has 0 bridgehead atoms. The van der Waals surface area contributed by atoms with Crippen LogP contribution in [0.4, 0.5) is 10.5 Å². The lowest BCUT2D eigenvalue weighted by Gasteiger charge is -2.29. The number of anilines is 1. The molecule has 1 aliphatic rings. The van der Waals surface area contributed by atoms with Crippen molar-refractivity contribution in [3.8, 4) is 5.75 Å². The van der Waals surface area contributed by atoms with Crippen molar-refractivity contribution in [3.63, 3.8) is 0 Å². The van der Waals surface area contributed by atoms with Gasteiger partial charge in [0.1, 0.15) is 5.75 Å². The quantitative estimate of drug-likeness (QED) is 0.913. The highest BCUT2D eigenvalue weighted by atomic mass is 16.5. The third-order valence-corrected chi connectivity index (χ3v) is 4.42. The minimum Gasteiger partial charge on any atom is -0.494 e. The number of aryl methyl sites for hydroxylation is 2. The van der Waals surface area contributed by atoms with E-state index in [4.69, 9.17) is 4.74 Å². The van der Waals surface area contributed by atoms with Gasteiger partial charge in [0.25, 0.3) is 0 Å². The molecule has 1 aromatic heterocycles. The molecule has 0 saturated carbocycles. The average molecular weight is 339 g/mol. The van der Waals surface area contributed by atoms with Gasteiger partial charge in [-0.15, -0.1) is 0 Å². The molecule has 2 amide bonds. The van der Waals surface area contributed by atoms with E-state index in [9.17, 15) is 4.79 Å². The Bertz CT molecular complexity index is 774. The average Bonchev–Trinajstić information content (AvgIpc) is 2.61. The highest BCUT2D eigenvalue weighted by Gasteiger charge is 2.21. The van der Waals surface area contributed by atoms with E-state index < -0.39 is 0 Å². The number of carbonyl (C=O) groups is 1. The van der Waals surface area contributed by atoms with Crippen molar-refractivity contribution in [2.24, 2.45) is 0 Å². The Morgan fingerprint density at radius 3 is 2.84 bits per heavy atom. The van der Waals surface area contributed by atoms with Crippen LogP contribution in [0.3, 0.4) is 0 Å². The molecule has 2 heterocycles. The summed E-state index contributed by atoms with van der Waals surface area (Å²) in [5.74, 6) is 0.917. The normalized spacial score (nSPS) is 13.3. The van der Waals surface area contributed by atoms with Crippen molar-refractivity contribution in [1.82, 2.24) is 9.88 Å². The summed E-state index contributed by atoms with van der Waals surface area (Å²) in [7, 11) is 0. The number of pyridine rings is 1. The predicted octanol–water partition coefficient (Wildman–Crippen LogP) is 4.08. The molecule has 3 rings (SSSR count). The van der Waals surface area contributed by atoms with Crippen LogP contribution in [0, 0.1) is 13.8 Å². The molecular weight excluding hydrogens is 314 g/mol. The van der Waals surface area contributed by atoms with Gasteiger partial charge >= 0.3 is 6.03 Å². The first-order chi connectivity index (χ1) is 12.1. The Morgan fingerprint density at radius 2 is 2.08 bits per heavy atom. The first kappa shape index (κ1) is 17.3. The number of nitrogens with one attached hydrogen (secondary N) is 1. The fourth-order valence-corrected chi connectivity index (χ4v) is 3.03. The molecule has 5 nitrogen and oxygen atoms in total. The van der Waals surface area contributed by atoms with E-state index in [2.05, 4.69) is 29.4 Å². The monoisotopic (exact) mass is 339 g/mol. The molecule has 0 fully saturated rings. The lowest BCUT2D eigenvalue weighted by molar-refractivity contribution is 0.206. The molecule has 0 atom stereocenters. The van der Waals surface area contributed by atoms with E-state index in [0.717, 1.165) is 42.3 Å². The van der Waals surface area contributed by atoms with Gasteiger partial charge in [-0.1, -0.05) is 13.0 Å². The summed E-state index contributed by atoms with van der Waals surface area (Å²) in [4.78, 5) is 18.8. The van der Waals surface area contributed by atoms with Gasteiger partial charge in [-0.3, -0.25) is 4.98 Å². The van der Waals surface area contributed by atoms with E-state index in [1.54, 1.807) is 0 Å². The van der Waals surface area contributed by atoms with E-state index in [-0.39, 0.29) is 6.03 Å². The highest BCUT2D eigenvalue weighted by Crippen LogP contribution is 2.25. The molecule has 1 aromatic carbocycles. The summed E-state index contributed by atoms with van der Waals surface area (Å²) in [6, 6.07) is 9.90. The number of ether oxygens (including phenoxy) is 1. The van der Waals surface area contributed by atoms with Crippen molar-refractivity contribution in [2.45, 2.75) is 40.2 Å². The Kier molecular flexibility index (Phi) is 5.22. The standard InChI is InChI=1S/C20H25N3O2/c1-4-11-25-18-7-6-17-13-23(10-9-16(17)12-18)20(24)22-19-8-5-14(2)21-15(19)3/h5-8,12H,4,9-11,13H2,1-3H3,(H,22,24). The maximum absolute atomic E-state index is 12.6. The second-order valence-corrected chi connectivity index (χ2v) is 6.47. The summed E-state index contributed by atoms with van der Waals surface area (Å²) < 4.78 is 5.70. The van der Waals surface area contributed by atoms with Crippen molar-refractivity contribution >= 4 is 11.7 Å². The van der Waals surface area contributed by atoms with Crippen LogP contribution < -0.4 is 10.1 Å². The van der Waals surface area contributed by atoms with E-state index in [1.165, 1.54) is 11.1 Å². The first-order valence-corrected chi connectivity index (χ1v) is 8.81. The van der Waals surface area contributed by atoms with Gasteiger partial charge in [-0.25, -0.2) is 4.79 Å². The highest BCUT2D eigenvalue weighted by molar-refractivity contribution is 5.90. The van der Waals surface area contributed by atoms with Gasteiger partial charge in [-0.2, -0.15) is 0 Å². The molecule has 5 heteroatoms. The number of nitrogens with zero attached hydrogens (tertiary/aromatic N) is 2. The topological polar surface area (TPSA) is 54.5 Å². The lowest BCUT2D eigenvalue weighted by atomic mass is 10.00. The zero-order valence-corrected chi connectivity index (χ0v) is 15.1. The molecule has 132 valence electrons. The van der Waals surface area contributed by atoms with Gasteiger partial charge in [-0.05, 0) is 62.1 Å². The SMILES string of the molecule is CCCOc1ccc2c(c1)CCN(C(=O)Nc1ccc(C)nc1C)C2. The summed E-state index contributed by atoms with van der Waals surface area (Å²) in [5.41, 5.74) is 5.01. The third kappa shape index (κ3) is 4.10.